The van der Waals surface area contributed by atoms with Crippen molar-refractivity contribution in [2.75, 3.05) is 0 Å². The van der Waals surface area contributed by atoms with E-state index in [-0.39, 0.29) is 11.3 Å². The highest BCUT2D eigenvalue weighted by atomic mass is 79.9. The number of phenolic OH excluding ortho intramolecular Hbond substituents is 1. The molecule has 0 bridgehead atoms. The Labute approximate surface area is 129 Å². The van der Waals surface area contributed by atoms with E-state index in [1.54, 1.807) is 0 Å². The third kappa shape index (κ3) is 3.82. The van der Waals surface area contributed by atoms with Gasteiger partial charge in [-0.3, -0.25) is 4.79 Å². The summed E-state index contributed by atoms with van der Waals surface area (Å²) in [6, 6.07) is 11.7. The predicted molar refractivity (Wildman–Crippen MR) is 82.3 cm³/mol. The second kappa shape index (κ2) is 6.54. The summed E-state index contributed by atoms with van der Waals surface area (Å²) in [5.41, 5.74) is 3.29. The molecule has 0 aliphatic heterocycles. The van der Waals surface area contributed by atoms with Gasteiger partial charge in [0.15, 0.2) is 0 Å². The van der Waals surface area contributed by atoms with Crippen molar-refractivity contribution in [3.05, 3.63) is 63.1 Å². The first-order valence-corrected chi connectivity index (χ1v) is 6.81. The number of nitrogens with zero attached hydrogens (tertiary/aromatic N) is 1. The molecule has 2 rings (SSSR count). The van der Waals surface area contributed by atoms with Gasteiger partial charge in [0, 0.05) is 9.50 Å². The number of carbonyl (C=O) groups is 1. The maximum Gasteiger partial charge on any atom is 0.275 e. The molecule has 0 atom stereocenters. The minimum atomic E-state index is -0.507. The molecule has 0 aliphatic rings. The van der Waals surface area contributed by atoms with E-state index >= 15 is 0 Å². The lowest BCUT2D eigenvalue weighted by molar-refractivity contribution is 0.0952. The number of hydrogen-bond acceptors (Lipinski definition) is 3. The first kappa shape index (κ1) is 14.6. The molecule has 4 nitrogen and oxygen atoms in total. The lowest BCUT2D eigenvalue weighted by Crippen LogP contribution is -2.17. The molecule has 0 saturated carbocycles. The number of hydrogen-bond donors (Lipinski definition) is 2. The third-order valence-corrected chi connectivity index (χ3v) is 3.22. The molecule has 0 fully saturated rings. The van der Waals surface area contributed by atoms with Crippen LogP contribution in [0.15, 0.2) is 52.0 Å². The summed E-state index contributed by atoms with van der Waals surface area (Å²) < 4.78 is 0.963. The van der Waals surface area contributed by atoms with Crippen molar-refractivity contribution in [1.29, 1.82) is 0 Å². The van der Waals surface area contributed by atoms with Gasteiger partial charge in [-0.2, -0.15) is 5.10 Å². The molecule has 20 heavy (non-hydrogen) atoms. The molecule has 1 amide bonds. The fourth-order valence-electron chi connectivity index (χ4n) is 1.47. The monoisotopic (exact) mass is 352 g/mol. The fraction of sp³-hybridized carbons (Fsp3) is 0. The molecule has 0 heterocycles. The molecular formula is C14H10BrClN2O2. The van der Waals surface area contributed by atoms with Crippen LogP contribution in [0.4, 0.5) is 0 Å². The summed E-state index contributed by atoms with van der Waals surface area (Å²) in [5.74, 6) is -0.693. The summed E-state index contributed by atoms with van der Waals surface area (Å²) >= 11 is 9.02. The van der Waals surface area contributed by atoms with E-state index in [0.717, 1.165) is 10.0 Å². The number of nitrogens with one attached hydrogen (secondary N) is 1. The molecule has 6 heteroatoms. The molecule has 102 valence electrons. The number of aromatic hydroxyl groups is 1. The van der Waals surface area contributed by atoms with Crippen LogP contribution in [0.25, 0.3) is 0 Å². The Bertz CT molecular complexity index is 657. The van der Waals surface area contributed by atoms with Crippen LogP contribution in [0.2, 0.25) is 5.02 Å². The van der Waals surface area contributed by atoms with Crippen LogP contribution in [0.1, 0.15) is 15.9 Å². The van der Waals surface area contributed by atoms with E-state index in [1.807, 2.05) is 24.3 Å². The van der Waals surface area contributed by atoms with Crippen LogP contribution < -0.4 is 5.43 Å². The van der Waals surface area contributed by atoms with Gasteiger partial charge in [0.05, 0.1) is 11.8 Å². The Morgan fingerprint density at radius 2 is 1.95 bits per heavy atom. The van der Waals surface area contributed by atoms with Crippen molar-refractivity contribution >= 4 is 39.7 Å². The second-order valence-corrected chi connectivity index (χ2v) is 5.26. The molecule has 0 unspecified atom stereocenters. The average molecular weight is 354 g/mol. The Kier molecular flexibility index (Phi) is 4.76. The second-order valence-electron chi connectivity index (χ2n) is 3.91. The van der Waals surface area contributed by atoms with E-state index in [4.69, 9.17) is 11.6 Å². The quantitative estimate of drug-likeness (QED) is 0.654. The minimum absolute atomic E-state index is 0.113. The Morgan fingerprint density at radius 3 is 2.60 bits per heavy atom. The normalized spacial score (nSPS) is 10.7. The van der Waals surface area contributed by atoms with Gasteiger partial charge in [0.2, 0.25) is 0 Å². The van der Waals surface area contributed by atoms with Gasteiger partial charge in [-0.15, -0.1) is 0 Å². The molecular weight excluding hydrogens is 344 g/mol. The molecule has 0 aliphatic carbocycles. The summed E-state index contributed by atoms with van der Waals surface area (Å²) in [6.07, 6.45) is 1.51. The van der Waals surface area contributed by atoms with Crippen LogP contribution in [-0.4, -0.2) is 17.2 Å². The number of benzene rings is 2. The number of amides is 1. The summed E-state index contributed by atoms with van der Waals surface area (Å²) in [5, 5.41) is 13.8. The number of phenols is 1. The van der Waals surface area contributed by atoms with Crippen molar-refractivity contribution in [3.8, 4) is 5.75 Å². The SMILES string of the molecule is O=C(N/N=C/c1ccc(Br)cc1)c1ccc(Cl)cc1O. The maximum atomic E-state index is 11.8. The fourth-order valence-corrected chi connectivity index (χ4v) is 1.90. The van der Waals surface area contributed by atoms with Crippen molar-refractivity contribution in [3.63, 3.8) is 0 Å². The van der Waals surface area contributed by atoms with E-state index in [1.165, 1.54) is 24.4 Å². The molecule has 2 aromatic carbocycles. The lowest BCUT2D eigenvalue weighted by atomic mass is 10.2. The lowest BCUT2D eigenvalue weighted by Gasteiger charge is -2.03. The number of rotatable bonds is 3. The molecule has 0 radical (unpaired) electrons. The molecule has 0 aromatic heterocycles. The predicted octanol–water partition coefficient (Wildman–Crippen LogP) is 3.57. The molecule has 0 spiro atoms. The highest BCUT2D eigenvalue weighted by Crippen LogP contribution is 2.21. The number of halogens is 2. The van der Waals surface area contributed by atoms with E-state index < -0.39 is 5.91 Å². The number of carbonyl (C=O) groups excluding carboxylic acids is 1. The standard InChI is InChI=1S/C14H10BrClN2O2/c15-10-3-1-9(2-4-10)8-17-18-14(20)12-6-5-11(16)7-13(12)19/h1-8,19H,(H,18,20)/b17-8+. The van der Waals surface area contributed by atoms with E-state index in [0.29, 0.717) is 5.02 Å². The van der Waals surface area contributed by atoms with Gasteiger partial charge < -0.3 is 5.11 Å². The maximum absolute atomic E-state index is 11.8. The number of hydrazone groups is 1. The van der Waals surface area contributed by atoms with Gasteiger partial charge >= 0.3 is 0 Å². The van der Waals surface area contributed by atoms with E-state index in [2.05, 4.69) is 26.5 Å². The van der Waals surface area contributed by atoms with Crippen LogP contribution in [0, 0.1) is 0 Å². The summed E-state index contributed by atoms with van der Waals surface area (Å²) in [6.45, 7) is 0. The summed E-state index contributed by atoms with van der Waals surface area (Å²) in [7, 11) is 0. The molecule has 0 saturated heterocycles. The Morgan fingerprint density at radius 1 is 1.25 bits per heavy atom. The van der Waals surface area contributed by atoms with Gasteiger partial charge in [0.25, 0.3) is 5.91 Å². The summed E-state index contributed by atoms with van der Waals surface area (Å²) in [4.78, 5) is 11.8. The zero-order chi connectivity index (χ0) is 14.5. The van der Waals surface area contributed by atoms with Gasteiger partial charge in [-0.1, -0.05) is 39.7 Å². The van der Waals surface area contributed by atoms with Crippen LogP contribution in [0.3, 0.4) is 0 Å². The van der Waals surface area contributed by atoms with Crippen LogP contribution in [0.5, 0.6) is 5.75 Å². The van der Waals surface area contributed by atoms with Crippen LogP contribution in [-0.2, 0) is 0 Å². The highest BCUT2D eigenvalue weighted by Gasteiger charge is 2.10. The van der Waals surface area contributed by atoms with Crippen molar-refractivity contribution in [1.82, 2.24) is 5.43 Å². The van der Waals surface area contributed by atoms with E-state index in [9.17, 15) is 9.90 Å². The largest absolute Gasteiger partial charge is 0.507 e. The van der Waals surface area contributed by atoms with Crippen molar-refractivity contribution in [2.45, 2.75) is 0 Å². The first-order chi connectivity index (χ1) is 9.56. The Balaban J connectivity index is 2.03. The van der Waals surface area contributed by atoms with Crippen molar-refractivity contribution in [2.24, 2.45) is 5.10 Å². The zero-order valence-electron chi connectivity index (χ0n) is 10.2. The minimum Gasteiger partial charge on any atom is -0.507 e. The molecule has 2 N–H and O–H groups in total. The van der Waals surface area contributed by atoms with Gasteiger partial charge in [-0.05, 0) is 35.9 Å². The van der Waals surface area contributed by atoms with Crippen molar-refractivity contribution < 1.29 is 9.90 Å². The smallest absolute Gasteiger partial charge is 0.275 e. The highest BCUT2D eigenvalue weighted by molar-refractivity contribution is 9.10. The first-order valence-electron chi connectivity index (χ1n) is 5.64. The average Bonchev–Trinajstić information content (AvgIpc) is 2.41. The third-order valence-electron chi connectivity index (χ3n) is 2.45. The van der Waals surface area contributed by atoms with Gasteiger partial charge in [-0.25, -0.2) is 5.43 Å². The molecule has 2 aromatic rings. The zero-order valence-corrected chi connectivity index (χ0v) is 12.5. The topological polar surface area (TPSA) is 61.7 Å². The van der Waals surface area contributed by atoms with Crippen LogP contribution >= 0.6 is 27.5 Å². The Hall–Kier alpha value is -1.85. The van der Waals surface area contributed by atoms with Gasteiger partial charge in [0.1, 0.15) is 5.75 Å².